The average Bonchev–Trinajstić information content (AvgIpc) is 2.46. The topological polar surface area (TPSA) is 126 Å². The van der Waals surface area contributed by atoms with E-state index in [9.17, 15) is 19.2 Å². The van der Waals surface area contributed by atoms with Crippen molar-refractivity contribution in [2.45, 2.75) is 19.3 Å². The third kappa shape index (κ3) is 6.36. The standard InChI is InChI=1S/C13H15N3O5/c1-11(12(20)21)13(2-5-14-8-17,3-6-15-9-18)4-7-16-10-19/h1-7H2,(H,20,21). The van der Waals surface area contributed by atoms with Crippen LogP contribution in [0.2, 0.25) is 0 Å². The van der Waals surface area contributed by atoms with E-state index in [1.165, 1.54) is 18.2 Å². The molecular formula is C13H15N3O5. The van der Waals surface area contributed by atoms with Crippen molar-refractivity contribution in [1.29, 1.82) is 0 Å². The molecule has 0 aliphatic heterocycles. The summed E-state index contributed by atoms with van der Waals surface area (Å²) in [6.07, 6.45) is 4.68. The van der Waals surface area contributed by atoms with Gasteiger partial charge in [-0.25, -0.2) is 34.2 Å². The van der Waals surface area contributed by atoms with Gasteiger partial charge in [0.05, 0.1) is 19.6 Å². The predicted molar refractivity (Wildman–Crippen MR) is 72.0 cm³/mol. The molecule has 0 amide bonds. The lowest BCUT2D eigenvalue weighted by Crippen LogP contribution is -2.30. The summed E-state index contributed by atoms with van der Waals surface area (Å²) in [5.41, 5.74) is -1.09. The molecule has 1 N–H and O–H groups in total. The lowest BCUT2D eigenvalue weighted by molar-refractivity contribution is -0.134. The monoisotopic (exact) mass is 293 g/mol. The smallest absolute Gasteiger partial charge is 0.331 e. The molecule has 0 aliphatic carbocycles. The zero-order valence-corrected chi connectivity index (χ0v) is 11.4. The second-order valence-electron chi connectivity index (χ2n) is 4.23. The van der Waals surface area contributed by atoms with E-state index in [2.05, 4.69) is 21.6 Å². The molecule has 0 heterocycles. The molecule has 0 spiro atoms. The molecule has 8 heteroatoms. The van der Waals surface area contributed by atoms with Crippen molar-refractivity contribution >= 4 is 24.2 Å². The highest BCUT2D eigenvalue weighted by Crippen LogP contribution is 2.38. The molecule has 0 radical (unpaired) electrons. The molecule has 0 unspecified atom stereocenters. The molecule has 21 heavy (non-hydrogen) atoms. The van der Waals surface area contributed by atoms with Gasteiger partial charge in [0.2, 0.25) is 18.2 Å². The Kier molecular flexibility index (Phi) is 8.89. The van der Waals surface area contributed by atoms with E-state index < -0.39 is 11.4 Å². The molecule has 112 valence electrons. The molecular weight excluding hydrogens is 278 g/mol. The van der Waals surface area contributed by atoms with Gasteiger partial charge in [-0.2, -0.15) is 0 Å². The normalized spacial score (nSPS) is 12.0. The summed E-state index contributed by atoms with van der Waals surface area (Å²) in [6, 6.07) is 0. The van der Waals surface area contributed by atoms with E-state index in [0.717, 1.165) is 0 Å². The van der Waals surface area contributed by atoms with Crippen LogP contribution < -0.4 is 0 Å². The zero-order valence-electron chi connectivity index (χ0n) is 11.4. The Bertz CT molecular complexity index is 469. The van der Waals surface area contributed by atoms with E-state index in [-0.39, 0.29) is 44.5 Å². The van der Waals surface area contributed by atoms with Crippen LogP contribution in [0.1, 0.15) is 19.3 Å². The fourth-order valence-electron chi connectivity index (χ4n) is 2.00. The largest absolute Gasteiger partial charge is 0.478 e. The molecule has 0 rings (SSSR count). The number of aliphatic carboxylic acids is 1. The summed E-state index contributed by atoms with van der Waals surface area (Å²) >= 11 is 0. The molecule has 8 nitrogen and oxygen atoms in total. The second kappa shape index (κ2) is 10.2. The number of carbonyl (C=O) groups excluding carboxylic acids is 3. The number of carboxylic acid groups (broad SMARTS) is 1. The van der Waals surface area contributed by atoms with Gasteiger partial charge < -0.3 is 5.11 Å². The van der Waals surface area contributed by atoms with Crippen molar-refractivity contribution in [3.05, 3.63) is 12.2 Å². The van der Waals surface area contributed by atoms with E-state index in [1.54, 1.807) is 0 Å². The Morgan fingerprint density at radius 3 is 1.48 bits per heavy atom. The molecule has 0 atom stereocenters. The van der Waals surface area contributed by atoms with Gasteiger partial charge >= 0.3 is 5.97 Å². The first kappa shape index (κ1) is 18.4. The lowest BCUT2D eigenvalue weighted by Gasteiger charge is -2.32. The number of isocyanates is 3. The highest BCUT2D eigenvalue weighted by atomic mass is 16.4. The Morgan fingerprint density at radius 2 is 1.24 bits per heavy atom. The van der Waals surface area contributed by atoms with Gasteiger partial charge in [0, 0.05) is 11.0 Å². The van der Waals surface area contributed by atoms with Crippen LogP contribution >= 0.6 is 0 Å². The Balaban J connectivity index is 5.36. The summed E-state index contributed by atoms with van der Waals surface area (Å²) < 4.78 is 0. The minimum absolute atomic E-state index is 0.0470. The van der Waals surface area contributed by atoms with E-state index >= 15 is 0 Å². The van der Waals surface area contributed by atoms with Crippen molar-refractivity contribution in [3.63, 3.8) is 0 Å². The first-order valence-corrected chi connectivity index (χ1v) is 6.07. The Morgan fingerprint density at radius 1 is 0.905 bits per heavy atom. The summed E-state index contributed by atoms with van der Waals surface area (Å²) in [6.45, 7) is 3.68. The zero-order chi connectivity index (χ0) is 16.1. The summed E-state index contributed by atoms with van der Waals surface area (Å²) in [4.78, 5) is 51.9. The van der Waals surface area contributed by atoms with Gasteiger partial charge in [0.25, 0.3) is 0 Å². The number of hydrogen-bond acceptors (Lipinski definition) is 7. The maximum absolute atomic E-state index is 11.2. The number of nitrogens with zero attached hydrogens (tertiary/aromatic N) is 3. The fraction of sp³-hybridized carbons (Fsp3) is 0.538. The summed E-state index contributed by atoms with van der Waals surface area (Å²) in [5.74, 6) is -1.21. The number of carbonyl (C=O) groups is 1. The highest BCUT2D eigenvalue weighted by Gasteiger charge is 2.35. The van der Waals surface area contributed by atoms with Gasteiger partial charge in [0.15, 0.2) is 0 Å². The van der Waals surface area contributed by atoms with Crippen molar-refractivity contribution in [2.24, 2.45) is 20.4 Å². The third-order valence-electron chi connectivity index (χ3n) is 3.20. The second-order valence-corrected chi connectivity index (χ2v) is 4.23. The molecule has 0 aromatic rings. The minimum Gasteiger partial charge on any atom is -0.478 e. The molecule has 0 bridgehead atoms. The van der Waals surface area contributed by atoms with Gasteiger partial charge in [-0.15, -0.1) is 0 Å². The van der Waals surface area contributed by atoms with Crippen molar-refractivity contribution < 1.29 is 24.3 Å². The summed E-state index contributed by atoms with van der Waals surface area (Å²) in [7, 11) is 0. The van der Waals surface area contributed by atoms with Crippen molar-refractivity contribution in [2.75, 3.05) is 19.6 Å². The van der Waals surface area contributed by atoms with Crippen LogP contribution in [0.4, 0.5) is 0 Å². The van der Waals surface area contributed by atoms with Crippen LogP contribution in [0.3, 0.4) is 0 Å². The lowest BCUT2D eigenvalue weighted by atomic mass is 9.72. The molecule has 0 saturated carbocycles. The first-order valence-electron chi connectivity index (χ1n) is 6.07. The minimum atomic E-state index is -1.21. The maximum Gasteiger partial charge on any atom is 0.331 e. The van der Waals surface area contributed by atoms with Crippen LogP contribution in [-0.4, -0.2) is 48.9 Å². The van der Waals surface area contributed by atoms with Crippen LogP contribution in [-0.2, 0) is 19.2 Å². The van der Waals surface area contributed by atoms with E-state index in [1.807, 2.05) is 0 Å². The number of rotatable bonds is 11. The van der Waals surface area contributed by atoms with Crippen LogP contribution in [0, 0.1) is 5.41 Å². The molecule has 0 aliphatic rings. The quantitative estimate of drug-likeness (QED) is 0.342. The SMILES string of the molecule is C=C(C(=O)O)C(CCN=C=O)(CCN=C=O)CCN=C=O. The average molecular weight is 293 g/mol. The van der Waals surface area contributed by atoms with Gasteiger partial charge in [-0.1, -0.05) is 6.58 Å². The third-order valence-corrected chi connectivity index (χ3v) is 3.20. The van der Waals surface area contributed by atoms with Crippen molar-refractivity contribution in [1.82, 2.24) is 0 Å². The Labute approximate surface area is 121 Å². The number of aliphatic imine (C=N–C) groups is 3. The van der Waals surface area contributed by atoms with Crippen LogP contribution in [0.15, 0.2) is 27.1 Å². The molecule has 0 aromatic heterocycles. The Hall–Kier alpha value is -2.65. The first-order chi connectivity index (χ1) is 10.0. The molecule has 0 fully saturated rings. The van der Waals surface area contributed by atoms with Crippen LogP contribution in [0.25, 0.3) is 0 Å². The van der Waals surface area contributed by atoms with Crippen molar-refractivity contribution in [3.8, 4) is 0 Å². The van der Waals surface area contributed by atoms with Gasteiger partial charge in [-0.3, -0.25) is 0 Å². The maximum atomic E-state index is 11.2. The molecule has 0 aromatic carbocycles. The fourth-order valence-corrected chi connectivity index (χ4v) is 2.00. The predicted octanol–water partition coefficient (Wildman–Crippen LogP) is 0.791. The molecule has 0 saturated heterocycles. The van der Waals surface area contributed by atoms with Gasteiger partial charge in [0.1, 0.15) is 0 Å². The van der Waals surface area contributed by atoms with Crippen LogP contribution in [0.5, 0.6) is 0 Å². The van der Waals surface area contributed by atoms with E-state index in [4.69, 9.17) is 5.11 Å². The van der Waals surface area contributed by atoms with Gasteiger partial charge in [-0.05, 0) is 19.3 Å². The highest BCUT2D eigenvalue weighted by molar-refractivity contribution is 5.87. The summed E-state index contributed by atoms with van der Waals surface area (Å²) in [5, 5.41) is 9.16. The van der Waals surface area contributed by atoms with E-state index in [0.29, 0.717) is 0 Å². The number of hydrogen-bond donors (Lipinski definition) is 1. The number of carboxylic acids is 1.